The van der Waals surface area contributed by atoms with E-state index in [2.05, 4.69) is 16.3 Å². The van der Waals surface area contributed by atoms with Crippen LogP contribution in [0.3, 0.4) is 0 Å². The second-order valence-corrected chi connectivity index (χ2v) is 5.34. The molecule has 0 aliphatic carbocycles. The number of ether oxygens (including phenoxy) is 1. The quantitative estimate of drug-likeness (QED) is 0.943. The molecular formula is C18H17N3O2. The first-order valence-electron chi connectivity index (χ1n) is 7.43. The standard InChI is InChI=1S/C18H17N3O2/c1-20-18(22)17-12-21(15-8-4-5-9-16(15)23-17)11-14-7-3-2-6-13(14)10-19/h2-9,17H,11-12H2,1H3,(H,20,22)/t17-/m0/s1. The highest BCUT2D eigenvalue weighted by molar-refractivity contribution is 5.83. The predicted octanol–water partition coefficient (Wildman–Crippen LogP) is 2.07. The number of nitriles is 1. The van der Waals surface area contributed by atoms with Gasteiger partial charge in [-0.25, -0.2) is 0 Å². The Morgan fingerprint density at radius 2 is 2.04 bits per heavy atom. The lowest BCUT2D eigenvalue weighted by Crippen LogP contribution is -2.48. The van der Waals surface area contributed by atoms with Crippen molar-refractivity contribution in [1.82, 2.24) is 5.32 Å². The van der Waals surface area contributed by atoms with Gasteiger partial charge >= 0.3 is 0 Å². The molecule has 0 saturated carbocycles. The fourth-order valence-corrected chi connectivity index (χ4v) is 2.73. The number of fused-ring (bicyclic) bond motifs is 1. The van der Waals surface area contributed by atoms with Gasteiger partial charge in [-0.2, -0.15) is 5.26 Å². The number of carbonyl (C=O) groups is 1. The second kappa shape index (κ2) is 6.41. The number of hydrogen-bond acceptors (Lipinski definition) is 4. The molecule has 0 unspecified atom stereocenters. The first-order chi connectivity index (χ1) is 11.2. The highest BCUT2D eigenvalue weighted by atomic mass is 16.5. The zero-order valence-corrected chi connectivity index (χ0v) is 12.8. The van der Waals surface area contributed by atoms with E-state index in [1.54, 1.807) is 13.1 Å². The Labute approximate surface area is 135 Å². The highest BCUT2D eigenvalue weighted by Crippen LogP contribution is 2.34. The van der Waals surface area contributed by atoms with E-state index in [1.807, 2.05) is 42.5 Å². The lowest BCUT2D eigenvalue weighted by atomic mass is 10.1. The topological polar surface area (TPSA) is 65.4 Å². The molecule has 0 spiro atoms. The number of hydrogen-bond donors (Lipinski definition) is 1. The van der Waals surface area contributed by atoms with Crippen LogP contribution in [0.25, 0.3) is 0 Å². The maximum atomic E-state index is 12.0. The summed E-state index contributed by atoms with van der Waals surface area (Å²) < 4.78 is 5.79. The Morgan fingerprint density at radius 1 is 1.30 bits per heavy atom. The molecule has 23 heavy (non-hydrogen) atoms. The van der Waals surface area contributed by atoms with Crippen LogP contribution in [-0.4, -0.2) is 25.6 Å². The van der Waals surface area contributed by atoms with Crippen LogP contribution in [0.4, 0.5) is 5.69 Å². The van der Waals surface area contributed by atoms with Gasteiger partial charge in [0.1, 0.15) is 5.75 Å². The molecule has 0 bridgehead atoms. The molecule has 1 aliphatic rings. The van der Waals surface area contributed by atoms with Crippen molar-refractivity contribution in [1.29, 1.82) is 5.26 Å². The molecule has 0 aromatic heterocycles. The van der Waals surface area contributed by atoms with Gasteiger partial charge in [-0.15, -0.1) is 0 Å². The Morgan fingerprint density at radius 3 is 2.83 bits per heavy atom. The van der Waals surface area contributed by atoms with E-state index in [1.165, 1.54) is 0 Å². The smallest absolute Gasteiger partial charge is 0.262 e. The van der Waals surface area contributed by atoms with Gasteiger partial charge < -0.3 is 15.0 Å². The monoisotopic (exact) mass is 307 g/mol. The number of anilines is 1. The van der Waals surface area contributed by atoms with Gasteiger partial charge in [-0.1, -0.05) is 30.3 Å². The fourth-order valence-electron chi connectivity index (χ4n) is 2.73. The van der Waals surface area contributed by atoms with Crippen LogP contribution in [0.1, 0.15) is 11.1 Å². The molecule has 2 aromatic carbocycles. The zero-order chi connectivity index (χ0) is 16.2. The van der Waals surface area contributed by atoms with Crippen LogP contribution in [-0.2, 0) is 11.3 Å². The first kappa shape index (κ1) is 14.9. The normalized spacial score (nSPS) is 16.0. The number of para-hydroxylation sites is 2. The van der Waals surface area contributed by atoms with Crippen LogP contribution in [0, 0.1) is 11.3 Å². The molecule has 5 nitrogen and oxygen atoms in total. The van der Waals surface area contributed by atoms with Crippen molar-refractivity contribution in [3.63, 3.8) is 0 Å². The molecule has 0 saturated heterocycles. The summed E-state index contributed by atoms with van der Waals surface area (Å²) in [6.45, 7) is 0.994. The van der Waals surface area contributed by atoms with E-state index in [4.69, 9.17) is 4.74 Å². The Kier molecular flexibility index (Phi) is 4.15. The molecule has 1 heterocycles. The average molecular weight is 307 g/mol. The van der Waals surface area contributed by atoms with Gasteiger partial charge in [0, 0.05) is 13.6 Å². The minimum atomic E-state index is -0.566. The van der Waals surface area contributed by atoms with Crippen molar-refractivity contribution < 1.29 is 9.53 Å². The van der Waals surface area contributed by atoms with Crippen LogP contribution < -0.4 is 15.0 Å². The number of carbonyl (C=O) groups excluding carboxylic acids is 1. The maximum Gasteiger partial charge on any atom is 0.262 e. The van der Waals surface area contributed by atoms with E-state index < -0.39 is 6.10 Å². The number of nitrogens with zero attached hydrogens (tertiary/aromatic N) is 2. The third-order valence-electron chi connectivity index (χ3n) is 3.90. The van der Waals surface area contributed by atoms with Crippen molar-refractivity contribution in [2.24, 2.45) is 0 Å². The van der Waals surface area contributed by atoms with Crippen molar-refractivity contribution in [2.45, 2.75) is 12.6 Å². The number of nitrogens with one attached hydrogen (secondary N) is 1. The van der Waals surface area contributed by atoms with E-state index in [0.717, 1.165) is 11.3 Å². The molecule has 1 N–H and O–H groups in total. The Balaban J connectivity index is 1.94. The molecule has 2 aromatic rings. The Hall–Kier alpha value is -3.00. The largest absolute Gasteiger partial charge is 0.477 e. The van der Waals surface area contributed by atoms with Gasteiger partial charge in [0.05, 0.1) is 23.9 Å². The maximum absolute atomic E-state index is 12.0. The fraction of sp³-hybridized carbons (Fsp3) is 0.222. The lowest BCUT2D eigenvalue weighted by Gasteiger charge is -2.35. The van der Waals surface area contributed by atoms with Crippen molar-refractivity contribution in [3.8, 4) is 11.8 Å². The van der Waals surface area contributed by atoms with Crippen LogP contribution in [0.5, 0.6) is 5.75 Å². The summed E-state index contributed by atoms with van der Waals surface area (Å²) in [5.74, 6) is 0.528. The summed E-state index contributed by atoms with van der Waals surface area (Å²) in [4.78, 5) is 14.1. The summed E-state index contributed by atoms with van der Waals surface area (Å²) in [6, 6.07) is 17.4. The first-order valence-corrected chi connectivity index (χ1v) is 7.43. The molecule has 5 heteroatoms. The second-order valence-electron chi connectivity index (χ2n) is 5.34. The van der Waals surface area contributed by atoms with E-state index >= 15 is 0 Å². The third kappa shape index (κ3) is 2.97. The van der Waals surface area contributed by atoms with Gasteiger partial charge in [-0.05, 0) is 23.8 Å². The summed E-state index contributed by atoms with van der Waals surface area (Å²) >= 11 is 0. The van der Waals surface area contributed by atoms with E-state index in [0.29, 0.717) is 24.4 Å². The number of rotatable bonds is 3. The van der Waals surface area contributed by atoms with Gasteiger partial charge in [0.15, 0.2) is 6.10 Å². The average Bonchev–Trinajstić information content (AvgIpc) is 2.61. The van der Waals surface area contributed by atoms with Gasteiger partial charge in [-0.3, -0.25) is 4.79 Å². The molecule has 3 rings (SSSR count). The molecule has 116 valence electrons. The number of likely N-dealkylation sites (N-methyl/N-ethyl adjacent to an activating group) is 1. The number of benzene rings is 2. The van der Waals surface area contributed by atoms with Crippen molar-refractivity contribution in [3.05, 3.63) is 59.7 Å². The summed E-state index contributed by atoms with van der Waals surface area (Å²) in [5.41, 5.74) is 2.51. The molecule has 1 amide bonds. The molecule has 0 radical (unpaired) electrons. The molecule has 1 aliphatic heterocycles. The summed E-state index contributed by atoms with van der Waals surface area (Å²) in [5, 5.41) is 11.9. The van der Waals surface area contributed by atoms with Crippen LogP contribution >= 0.6 is 0 Å². The van der Waals surface area contributed by atoms with Crippen molar-refractivity contribution >= 4 is 11.6 Å². The molecule has 0 fully saturated rings. The van der Waals surface area contributed by atoms with Crippen LogP contribution in [0.15, 0.2) is 48.5 Å². The van der Waals surface area contributed by atoms with Gasteiger partial charge in [0.2, 0.25) is 0 Å². The summed E-state index contributed by atoms with van der Waals surface area (Å²) in [6.07, 6.45) is -0.566. The highest BCUT2D eigenvalue weighted by Gasteiger charge is 2.30. The third-order valence-corrected chi connectivity index (χ3v) is 3.90. The minimum absolute atomic E-state index is 0.155. The van der Waals surface area contributed by atoms with Crippen LogP contribution in [0.2, 0.25) is 0 Å². The summed E-state index contributed by atoms with van der Waals surface area (Å²) in [7, 11) is 1.60. The Bertz CT molecular complexity index is 767. The SMILES string of the molecule is CNC(=O)[C@@H]1CN(Cc2ccccc2C#N)c2ccccc2O1. The van der Waals surface area contributed by atoms with E-state index in [9.17, 15) is 10.1 Å². The van der Waals surface area contributed by atoms with Crippen molar-refractivity contribution in [2.75, 3.05) is 18.5 Å². The molecule has 1 atom stereocenters. The van der Waals surface area contributed by atoms with Gasteiger partial charge in [0.25, 0.3) is 5.91 Å². The number of amides is 1. The minimum Gasteiger partial charge on any atom is -0.477 e. The van der Waals surface area contributed by atoms with E-state index in [-0.39, 0.29) is 5.91 Å². The zero-order valence-electron chi connectivity index (χ0n) is 12.8. The molecular weight excluding hydrogens is 290 g/mol. The predicted molar refractivity (Wildman–Crippen MR) is 87.1 cm³/mol. The lowest BCUT2D eigenvalue weighted by molar-refractivity contribution is -0.127.